The summed E-state index contributed by atoms with van der Waals surface area (Å²) in [6, 6.07) is 14.0. The molecule has 1 fully saturated rings. The van der Waals surface area contributed by atoms with Crippen LogP contribution < -0.4 is 4.90 Å². The van der Waals surface area contributed by atoms with Crippen LogP contribution in [-0.2, 0) is 11.3 Å². The normalized spacial score (nSPS) is 13.4. The van der Waals surface area contributed by atoms with Gasteiger partial charge in [0.05, 0.1) is 28.1 Å². The Morgan fingerprint density at radius 1 is 1.14 bits per heavy atom. The van der Waals surface area contributed by atoms with E-state index in [0.717, 1.165) is 37.2 Å². The van der Waals surface area contributed by atoms with Gasteiger partial charge in [0, 0.05) is 37.0 Å². The van der Waals surface area contributed by atoms with Crippen molar-refractivity contribution >= 4 is 17.3 Å². The molecule has 2 heterocycles. The fourth-order valence-corrected chi connectivity index (χ4v) is 3.42. The number of anilines is 1. The van der Waals surface area contributed by atoms with Crippen molar-refractivity contribution in [2.24, 2.45) is 0 Å². The zero-order valence-corrected chi connectivity index (χ0v) is 15.7. The third-order valence-corrected chi connectivity index (χ3v) is 4.88. The van der Waals surface area contributed by atoms with Crippen LogP contribution in [0.15, 0.2) is 60.9 Å². The predicted molar refractivity (Wildman–Crippen MR) is 107 cm³/mol. The number of non-ortho nitro benzene ring substituents is 1. The van der Waals surface area contributed by atoms with Crippen LogP contribution >= 0.6 is 0 Å². The summed E-state index contributed by atoms with van der Waals surface area (Å²) < 4.78 is 7.16. The second-order valence-corrected chi connectivity index (χ2v) is 6.86. The van der Waals surface area contributed by atoms with Gasteiger partial charge in [0.1, 0.15) is 6.61 Å². The molecule has 0 atom stereocenters. The number of nitrogens with zero attached hydrogens (tertiary/aromatic N) is 4. The number of nitro benzene ring substituents is 1. The first kappa shape index (κ1) is 18.7. The molecule has 0 radical (unpaired) electrons. The quantitative estimate of drug-likeness (QED) is 0.361. The molecule has 0 unspecified atom stereocenters. The molecule has 0 amide bonds. The topological polar surface area (TPSA) is 90.5 Å². The smallest absolute Gasteiger partial charge is 0.340 e. The molecule has 2 aromatic carbocycles. The predicted octanol–water partition coefficient (Wildman–Crippen LogP) is 3.74. The summed E-state index contributed by atoms with van der Waals surface area (Å²) in [4.78, 5) is 25.5. The molecule has 8 nitrogen and oxygen atoms in total. The maximum Gasteiger partial charge on any atom is 0.340 e. The van der Waals surface area contributed by atoms with Crippen molar-refractivity contribution in [1.82, 2.24) is 9.78 Å². The number of para-hydroxylation sites is 1. The molecule has 0 N–H and O–H groups in total. The van der Waals surface area contributed by atoms with Crippen LogP contribution in [0.1, 0.15) is 28.8 Å². The highest BCUT2D eigenvalue weighted by Gasteiger charge is 2.23. The fourth-order valence-electron chi connectivity index (χ4n) is 3.42. The molecule has 0 saturated carbocycles. The number of hydrogen-bond donors (Lipinski definition) is 0. The SMILES string of the molecule is O=C(OCc1cnn(-c2ccccc2)c1)c1cc([N+](=O)[O-])ccc1N1CCCC1. The largest absolute Gasteiger partial charge is 0.457 e. The van der Waals surface area contributed by atoms with Crippen molar-refractivity contribution in [2.45, 2.75) is 19.4 Å². The van der Waals surface area contributed by atoms with Crippen molar-refractivity contribution in [3.8, 4) is 5.69 Å². The molecule has 3 aromatic rings. The third kappa shape index (κ3) is 4.11. The molecular weight excluding hydrogens is 372 g/mol. The van der Waals surface area contributed by atoms with E-state index in [-0.39, 0.29) is 17.9 Å². The van der Waals surface area contributed by atoms with Gasteiger partial charge in [0.2, 0.25) is 0 Å². The molecule has 29 heavy (non-hydrogen) atoms. The molecule has 1 aliphatic rings. The monoisotopic (exact) mass is 392 g/mol. The molecule has 148 valence electrons. The number of rotatable bonds is 6. The first-order chi connectivity index (χ1) is 14.1. The van der Waals surface area contributed by atoms with Crippen LogP contribution in [0.2, 0.25) is 0 Å². The van der Waals surface area contributed by atoms with Crippen molar-refractivity contribution < 1.29 is 14.5 Å². The number of nitro groups is 1. The zero-order valence-electron chi connectivity index (χ0n) is 15.7. The number of ether oxygens (including phenoxy) is 1. The summed E-state index contributed by atoms with van der Waals surface area (Å²) in [5.41, 5.74) is 2.40. The highest BCUT2D eigenvalue weighted by Crippen LogP contribution is 2.29. The van der Waals surface area contributed by atoms with Crippen LogP contribution in [0.5, 0.6) is 0 Å². The maximum atomic E-state index is 12.7. The van der Waals surface area contributed by atoms with Gasteiger partial charge in [0.25, 0.3) is 5.69 Å². The lowest BCUT2D eigenvalue weighted by Gasteiger charge is -2.20. The molecule has 8 heteroatoms. The van der Waals surface area contributed by atoms with E-state index < -0.39 is 10.9 Å². The number of esters is 1. The second-order valence-electron chi connectivity index (χ2n) is 6.86. The highest BCUT2D eigenvalue weighted by atomic mass is 16.6. The second kappa shape index (κ2) is 8.14. The molecule has 4 rings (SSSR count). The van der Waals surface area contributed by atoms with Crippen molar-refractivity contribution in [3.63, 3.8) is 0 Å². The summed E-state index contributed by atoms with van der Waals surface area (Å²) in [5, 5.41) is 15.4. The van der Waals surface area contributed by atoms with E-state index >= 15 is 0 Å². The van der Waals surface area contributed by atoms with Crippen LogP contribution in [0.3, 0.4) is 0 Å². The Labute approximate surface area is 167 Å². The van der Waals surface area contributed by atoms with E-state index in [1.54, 1.807) is 23.1 Å². The Bertz CT molecular complexity index is 1030. The summed E-state index contributed by atoms with van der Waals surface area (Å²) in [6.45, 7) is 1.68. The zero-order chi connectivity index (χ0) is 20.2. The van der Waals surface area contributed by atoms with Gasteiger partial charge in [-0.25, -0.2) is 9.48 Å². The minimum Gasteiger partial charge on any atom is -0.457 e. The highest BCUT2D eigenvalue weighted by molar-refractivity contribution is 5.96. The van der Waals surface area contributed by atoms with Gasteiger partial charge in [0.15, 0.2) is 0 Å². The lowest BCUT2D eigenvalue weighted by atomic mass is 10.1. The van der Waals surface area contributed by atoms with E-state index in [4.69, 9.17) is 4.74 Å². The summed E-state index contributed by atoms with van der Waals surface area (Å²) in [6.07, 6.45) is 5.49. The van der Waals surface area contributed by atoms with E-state index in [0.29, 0.717) is 5.69 Å². The molecule has 0 spiro atoms. The maximum absolute atomic E-state index is 12.7. The molecule has 1 saturated heterocycles. The van der Waals surface area contributed by atoms with Gasteiger partial charge in [-0.2, -0.15) is 5.10 Å². The van der Waals surface area contributed by atoms with Crippen LogP contribution in [0.25, 0.3) is 5.69 Å². The van der Waals surface area contributed by atoms with Crippen LogP contribution in [0.4, 0.5) is 11.4 Å². The van der Waals surface area contributed by atoms with Crippen LogP contribution in [0, 0.1) is 10.1 Å². The van der Waals surface area contributed by atoms with E-state index in [1.165, 1.54) is 12.1 Å². The minimum absolute atomic E-state index is 0.0355. The minimum atomic E-state index is -0.580. The van der Waals surface area contributed by atoms with E-state index in [9.17, 15) is 14.9 Å². The molecule has 1 aromatic heterocycles. The standard InChI is InChI=1S/C21H20N4O4/c26-21(29-15-16-13-22-24(14-16)17-6-2-1-3-7-17)19-12-18(25(27)28)8-9-20(19)23-10-4-5-11-23/h1-3,6-9,12-14H,4-5,10-11,15H2. The lowest BCUT2D eigenvalue weighted by molar-refractivity contribution is -0.384. The van der Waals surface area contributed by atoms with Gasteiger partial charge in [-0.15, -0.1) is 0 Å². The van der Waals surface area contributed by atoms with Crippen molar-refractivity contribution in [2.75, 3.05) is 18.0 Å². The molecular formula is C21H20N4O4. The Morgan fingerprint density at radius 3 is 2.62 bits per heavy atom. The average molecular weight is 392 g/mol. The van der Waals surface area contributed by atoms with Crippen molar-refractivity contribution in [3.05, 3.63) is 82.2 Å². The average Bonchev–Trinajstić information content (AvgIpc) is 3.44. The summed E-state index contributed by atoms with van der Waals surface area (Å²) in [5.74, 6) is -0.580. The van der Waals surface area contributed by atoms with Gasteiger partial charge in [-0.3, -0.25) is 10.1 Å². The summed E-state index contributed by atoms with van der Waals surface area (Å²) >= 11 is 0. The molecule has 1 aliphatic heterocycles. The number of benzene rings is 2. The number of hydrogen-bond acceptors (Lipinski definition) is 6. The first-order valence-corrected chi connectivity index (χ1v) is 9.41. The Kier molecular flexibility index (Phi) is 5.24. The number of carbonyl (C=O) groups excluding carboxylic acids is 1. The van der Waals surface area contributed by atoms with E-state index in [2.05, 4.69) is 10.00 Å². The Morgan fingerprint density at radius 2 is 1.90 bits per heavy atom. The fraction of sp³-hybridized carbons (Fsp3) is 0.238. The molecule has 0 bridgehead atoms. The van der Waals surface area contributed by atoms with Gasteiger partial charge in [-0.05, 0) is 31.0 Å². The Balaban J connectivity index is 1.51. The van der Waals surface area contributed by atoms with E-state index in [1.807, 2.05) is 30.3 Å². The summed E-state index contributed by atoms with van der Waals surface area (Å²) in [7, 11) is 0. The Hall–Kier alpha value is -3.68. The lowest BCUT2D eigenvalue weighted by Crippen LogP contribution is -2.21. The van der Waals surface area contributed by atoms with Crippen molar-refractivity contribution in [1.29, 1.82) is 0 Å². The number of aromatic nitrogens is 2. The third-order valence-electron chi connectivity index (χ3n) is 4.88. The van der Waals surface area contributed by atoms with Gasteiger partial charge < -0.3 is 9.64 Å². The van der Waals surface area contributed by atoms with Gasteiger partial charge >= 0.3 is 5.97 Å². The number of carbonyl (C=O) groups is 1. The molecule has 0 aliphatic carbocycles. The first-order valence-electron chi connectivity index (χ1n) is 9.41. The van der Waals surface area contributed by atoms with Gasteiger partial charge in [-0.1, -0.05) is 18.2 Å². The van der Waals surface area contributed by atoms with Crippen LogP contribution in [-0.4, -0.2) is 33.8 Å².